The molecule has 0 amide bonds. The molecule has 2 aromatic rings. The SMILES string of the molecule is CCC(=O)O[C@H]1O[C@@H](n2c(=O)n(CC(C)C)c3cnc(N)nc32)[C@H](OC(C)=O)[C@H]1F. The van der Waals surface area contributed by atoms with Crippen LogP contribution in [0.4, 0.5) is 10.3 Å². The first-order chi connectivity index (χ1) is 14.1. The van der Waals surface area contributed by atoms with Crippen LogP contribution in [0.1, 0.15) is 40.3 Å². The van der Waals surface area contributed by atoms with Crippen molar-refractivity contribution in [3.63, 3.8) is 0 Å². The van der Waals surface area contributed by atoms with Crippen LogP contribution in [0, 0.1) is 5.92 Å². The predicted octanol–water partition coefficient (Wildman–Crippen LogP) is 0.909. The summed E-state index contributed by atoms with van der Waals surface area (Å²) in [5.74, 6) is -1.50. The molecule has 4 atom stereocenters. The number of esters is 2. The van der Waals surface area contributed by atoms with Gasteiger partial charge in [0.1, 0.15) is 5.52 Å². The molecular weight excluding hydrogens is 401 g/mol. The largest absolute Gasteiger partial charge is 0.454 e. The van der Waals surface area contributed by atoms with E-state index in [-0.39, 0.29) is 23.9 Å². The second-order valence-corrected chi connectivity index (χ2v) is 7.35. The summed E-state index contributed by atoms with van der Waals surface area (Å²) in [6, 6.07) is 0. The van der Waals surface area contributed by atoms with E-state index >= 15 is 4.39 Å². The van der Waals surface area contributed by atoms with Gasteiger partial charge in [-0.05, 0) is 5.92 Å². The number of nitrogens with two attached hydrogens (primary N) is 1. The number of hydrogen-bond acceptors (Lipinski definition) is 9. The second-order valence-electron chi connectivity index (χ2n) is 7.35. The van der Waals surface area contributed by atoms with Crippen molar-refractivity contribution in [3.8, 4) is 0 Å². The van der Waals surface area contributed by atoms with Crippen LogP contribution >= 0.6 is 0 Å². The lowest BCUT2D eigenvalue weighted by molar-refractivity contribution is -0.188. The summed E-state index contributed by atoms with van der Waals surface area (Å²) in [5, 5.41) is 0. The van der Waals surface area contributed by atoms with E-state index in [1.54, 1.807) is 0 Å². The summed E-state index contributed by atoms with van der Waals surface area (Å²) in [5.41, 5.74) is 5.56. The van der Waals surface area contributed by atoms with E-state index in [0.29, 0.717) is 12.1 Å². The van der Waals surface area contributed by atoms with Crippen molar-refractivity contribution >= 4 is 29.1 Å². The number of alkyl halides is 1. The van der Waals surface area contributed by atoms with E-state index in [4.69, 9.17) is 19.9 Å². The van der Waals surface area contributed by atoms with Crippen LogP contribution in [0.15, 0.2) is 11.0 Å². The number of nitrogens with zero attached hydrogens (tertiary/aromatic N) is 4. The average molecular weight is 425 g/mol. The average Bonchev–Trinajstić information content (AvgIpc) is 3.09. The Kier molecular flexibility index (Phi) is 6.06. The van der Waals surface area contributed by atoms with Crippen molar-refractivity contribution in [2.75, 3.05) is 5.73 Å². The summed E-state index contributed by atoms with van der Waals surface area (Å²) in [7, 11) is 0. The van der Waals surface area contributed by atoms with Crippen molar-refractivity contribution in [3.05, 3.63) is 16.7 Å². The van der Waals surface area contributed by atoms with E-state index in [9.17, 15) is 14.4 Å². The first-order valence-corrected chi connectivity index (χ1v) is 9.53. The Morgan fingerprint density at radius 3 is 2.67 bits per heavy atom. The van der Waals surface area contributed by atoms with Crippen LogP contribution < -0.4 is 11.4 Å². The molecule has 12 heteroatoms. The van der Waals surface area contributed by atoms with E-state index in [2.05, 4.69) is 9.97 Å². The number of halogens is 1. The quantitative estimate of drug-likeness (QED) is 0.669. The lowest BCUT2D eigenvalue weighted by Gasteiger charge is -2.19. The summed E-state index contributed by atoms with van der Waals surface area (Å²) in [6.07, 6.45) is -5.24. The van der Waals surface area contributed by atoms with Crippen LogP contribution in [-0.4, -0.2) is 49.6 Å². The molecule has 0 radical (unpaired) electrons. The van der Waals surface area contributed by atoms with Gasteiger partial charge in [-0.1, -0.05) is 20.8 Å². The molecule has 1 fully saturated rings. The topological polar surface area (TPSA) is 141 Å². The van der Waals surface area contributed by atoms with Crippen molar-refractivity contribution in [1.82, 2.24) is 19.1 Å². The normalized spacial score (nSPS) is 23.8. The molecular formula is C18H24FN5O6. The number of fused-ring (bicyclic) bond motifs is 1. The highest BCUT2D eigenvalue weighted by Gasteiger charge is 2.51. The Hall–Kier alpha value is -3.02. The number of hydrogen-bond donors (Lipinski definition) is 1. The molecule has 1 aliphatic heterocycles. The molecule has 2 N–H and O–H groups in total. The van der Waals surface area contributed by atoms with Crippen molar-refractivity contribution in [1.29, 1.82) is 0 Å². The molecule has 0 unspecified atom stereocenters. The van der Waals surface area contributed by atoms with Crippen LogP contribution in [-0.2, 0) is 30.3 Å². The first-order valence-electron chi connectivity index (χ1n) is 9.53. The van der Waals surface area contributed by atoms with E-state index in [1.165, 1.54) is 17.7 Å². The standard InChI is InChI=1S/C18H24FN5O6/c1-5-11(26)29-16-12(19)13(28-9(4)25)15(30-16)24-14-10(6-21-17(20)22-14)23(18(24)27)7-8(2)3/h6,8,12-13,15-16H,5,7H2,1-4H3,(H2,20,21,22)/t12-,13-,15-,16+/m1/s1. The number of rotatable bonds is 6. The number of carbonyl (C=O) groups is 2. The zero-order chi connectivity index (χ0) is 22.2. The second kappa shape index (κ2) is 8.38. The summed E-state index contributed by atoms with van der Waals surface area (Å²) in [4.78, 5) is 44.5. The lowest BCUT2D eigenvalue weighted by Crippen LogP contribution is -2.37. The number of aromatic nitrogens is 4. The fourth-order valence-corrected chi connectivity index (χ4v) is 3.27. The molecule has 1 aliphatic rings. The number of ether oxygens (including phenoxy) is 3. The molecule has 30 heavy (non-hydrogen) atoms. The number of imidazole rings is 1. The fraction of sp³-hybridized carbons (Fsp3) is 0.611. The van der Waals surface area contributed by atoms with Gasteiger partial charge in [0, 0.05) is 19.9 Å². The Bertz CT molecular complexity index is 1020. The van der Waals surface area contributed by atoms with Crippen LogP contribution in [0.2, 0.25) is 0 Å². The van der Waals surface area contributed by atoms with Crippen LogP contribution in [0.25, 0.3) is 11.2 Å². The summed E-state index contributed by atoms with van der Waals surface area (Å²) in [6.45, 7) is 6.79. The van der Waals surface area contributed by atoms with Gasteiger partial charge in [0.05, 0.1) is 6.20 Å². The van der Waals surface area contributed by atoms with Crippen LogP contribution in [0.5, 0.6) is 0 Å². The molecule has 2 aromatic heterocycles. The number of anilines is 1. The minimum Gasteiger partial charge on any atom is -0.454 e. The maximum atomic E-state index is 15.0. The summed E-state index contributed by atoms with van der Waals surface area (Å²) < 4.78 is 33.1. The minimum atomic E-state index is -2.01. The monoisotopic (exact) mass is 425 g/mol. The van der Waals surface area contributed by atoms with E-state index in [0.717, 1.165) is 11.5 Å². The van der Waals surface area contributed by atoms with Gasteiger partial charge in [-0.3, -0.25) is 14.2 Å². The highest BCUT2D eigenvalue weighted by molar-refractivity contribution is 5.72. The van der Waals surface area contributed by atoms with Crippen LogP contribution in [0.3, 0.4) is 0 Å². The highest BCUT2D eigenvalue weighted by atomic mass is 19.1. The van der Waals surface area contributed by atoms with Gasteiger partial charge in [-0.25, -0.2) is 18.7 Å². The first kappa shape index (κ1) is 21.7. The smallest absolute Gasteiger partial charge is 0.332 e. The third-order valence-corrected chi connectivity index (χ3v) is 4.49. The Balaban J connectivity index is 2.14. The minimum absolute atomic E-state index is 0.00706. The molecule has 11 nitrogen and oxygen atoms in total. The Labute approximate surface area is 170 Å². The van der Waals surface area contributed by atoms with Gasteiger partial charge in [0.2, 0.25) is 18.4 Å². The molecule has 3 heterocycles. The highest BCUT2D eigenvalue weighted by Crippen LogP contribution is 2.35. The third-order valence-electron chi connectivity index (χ3n) is 4.49. The molecule has 1 saturated heterocycles. The zero-order valence-electron chi connectivity index (χ0n) is 17.1. The van der Waals surface area contributed by atoms with Gasteiger partial charge < -0.3 is 19.9 Å². The Morgan fingerprint density at radius 2 is 2.07 bits per heavy atom. The van der Waals surface area contributed by atoms with Gasteiger partial charge in [0.25, 0.3) is 0 Å². The molecule has 0 spiro atoms. The molecule has 0 saturated carbocycles. The molecule has 3 rings (SSSR count). The van der Waals surface area contributed by atoms with Crippen molar-refractivity contribution < 1.29 is 28.2 Å². The molecule has 0 aromatic carbocycles. The summed E-state index contributed by atoms with van der Waals surface area (Å²) >= 11 is 0. The van der Waals surface area contributed by atoms with Crippen molar-refractivity contribution in [2.45, 2.75) is 65.5 Å². The van der Waals surface area contributed by atoms with Gasteiger partial charge >= 0.3 is 17.6 Å². The van der Waals surface area contributed by atoms with E-state index < -0.39 is 42.4 Å². The molecule has 0 aliphatic carbocycles. The maximum Gasteiger partial charge on any atom is 0.332 e. The van der Waals surface area contributed by atoms with Gasteiger partial charge in [-0.2, -0.15) is 4.98 Å². The van der Waals surface area contributed by atoms with Gasteiger partial charge in [0.15, 0.2) is 18.0 Å². The molecule has 0 bridgehead atoms. The predicted molar refractivity (Wildman–Crippen MR) is 102 cm³/mol. The Morgan fingerprint density at radius 1 is 1.37 bits per heavy atom. The van der Waals surface area contributed by atoms with Gasteiger partial charge in [-0.15, -0.1) is 0 Å². The zero-order valence-corrected chi connectivity index (χ0v) is 17.1. The lowest BCUT2D eigenvalue weighted by atomic mass is 10.2. The third kappa shape index (κ3) is 3.99. The van der Waals surface area contributed by atoms with E-state index in [1.807, 2.05) is 13.8 Å². The molecule has 164 valence electrons. The number of carbonyl (C=O) groups excluding carboxylic acids is 2. The number of nitrogen functional groups attached to an aromatic ring is 1. The maximum absolute atomic E-state index is 15.0. The fourth-order valence-electron chi connectivity index (χ4n) is 3.27. The van der Waals surface area contributed by atoms with Crippen molar-refractivity contribution in [2.24, 2.45) is 5.92 Å².